The molecule has 1 aromatic carbocycles. The monoisotopic (exact) mass is 200 g/mol. The molecule has 0 saturated carbocycles. The SMILES string of the molecule is Cc1cccc(SCCOS)c1. The summed E-state index contributed by atoms with van der Waals surface area (Å²) in [5.41, 5.74) is 1.30. The maximum Gasteiger partial charge on any atom is 0.0704 e. The highest BCUT2D eigenvalue weighted by Crippen LogP contribution is 2.18. The van der Waals surface area contributed by atoms with Crippen LogP contribution in [0.4, 0.5) is 0 Å². The predicted molar refractivity (Wildman–Crippen MR) is 56.8 cm³/mol. The van der Waals surface area contributed by atoms with Crippen LogP contribution >= 0.6 is 24.7 Å². The van der Waals surface area contributed by atoms with Gasteiger partial charge >= 0.3 is 0 Å². The summed E-state index contributed by atoms with van der Waals surface area (Å²) in [5, 5.41) is 0. The van der Waals surface area contributed by atoms with Crippen molar-refractivity contribution in [2.45, 2.75) is 11.8 Å². The molecule has 0 heterocycles. The van der Waals surface area contributed by atoms with Crippen LogP contribution in [0.15, 0.2) is 29.2 Å². The van der Waals surface area contributed by atoms with Crippen molar-refractivity contribution in [1.29, 1.82) is 0 Å². The van der Waals surface area contributed by atoms with Crippen LogP contribution in [0.3, 0.4) is 0 Å². The number of hydrogen-bond donors (Lipinski definition) is 1. The van der Waals surface area contributed by atoms with Crippen molar-refractivity contribution in [2.24, 2.45) is 0 Å². The van der Waals surface area contributed by atoms with Crippen LogP contribution in [0.1, 0.15) is 5.56 Å². The first kappa shape index (κ1) is 9.96. The molecule has 0 aliphatic carbocycles. The van der Waals surface area contributed by atoms with Crippen molar-refractivity contribution in [3.05, 3.63) is 29.8 Å². The second-order valence-electron chi connectivity index (χ2n) is 2.50. The molecule has 0 bridgehead atoms. The van der Waals surface area contributed by atoms with Gasteiger partial charge in [-0.25, -0.2) is 0 Å². The van der Waals surface area contributed by atoms with E-state index < -0.39 is 0 Å². The van der Waals surface area contributed by atoms with E-state index in [2.05, 4.69) is 48.3 Å². The van der Waals surface area contributed by atoms with Crippen LogP contribution in [-0.2, 0) is 4.18 Å². The molecular formula is C9H12OS2. The fourth-order valence-corrected chi connectivity index (χ4v) is 1.96. The van der Waals surface area contributed by atoms with E-state index in [-0.39, 0.29) is 0 Å². The Labute approximate surface area is 83.1 Å². The smallest absolute Gasteiger partial charge is 0.0704 e. The van der Waals surface area contributed by atoms with E-state index in [0.717, 1.165) is 5.75 Å². The molecular weight excluding hydrogens is 188 g/mol. The second-order valence-corrected chi connectivity index (χ2v) is 3.92. The van der Waals surface area contributed by atoms with Gasteiger partial charge in [-0.2, -0.15) is 0 Å². The van der Waals surface area contributed by atoms with Crippen molar-refractivity contribution >= 4 is 24.7 Å². The van der Waals surface area contributed by atoms with E-state index in [4.69, 9.17) is 0 Å². The molecule has 1 rings (SSSR count). The first-order chi connectivity index (χ1) is 5.83. The van der Waals surface area contributed by atoms with Gasteiger partial charge in [0.05, 0.1) is 6.61 Å². The highest BCUT2D eigenvalue weighted by atomic mass is 32.2. The van der Waals surface area contributed by atoms with Crippen LogP contribution in [-0.4, -0.2) is 12.4 Å². The summed E-state index contributed by atoms with van der Waals surface area (Å²) in [7, 11) is 0. The average Bonchev–Trinajstić information content (AvgIpc) is 2.05. The van der Waals surface area contributed by atoms with Crippen LogP contribution < -0.4 is 0 Å². The van der Waals surface area contributed by atoms with E-state index in [1.165, 1.54) is 10.5 Å². The molecule has 0 aliphatic rings. The Morgan fingerprint density at radius 3 is 3.00 bits per heavy atom. The molecule has 0 atom stereocenters. The molecule has 66 valence electrons. The summed E-state index contributed by atoms with van der Waals surface area (Å²) >= 11 is 5.46. The lowest BCUT2D eigenvalue weighted by atomic mass is 10.2. The molecule has 12 heavy (non-hydrogen) atoms. The maximum absolute atomic E-state index is 4.67. The van der Waals surface area contributed by atoms with Crippen molar-refractivity contribution < 1.29 is 4.18 Å². The van der Waals surface area contributed by atoms with E-state index in [1.54, 1.807) is 11.8 Å². The lowest BCUT2D eigenvalue weighted by Gasteiger charge is -2.00. The van der Waals surface area contributed by atoms with E-state index in [1.807, 2.05) is 0 Å². The van der Waals surface area contributed by atoms with Gasteiger partial charge in [-0.3, -0.25) is 0 Å². The molecule has 0 fully saturated rings. The van der Waals surface area contributed by atoms with E-state index in [0.29, 0.717) is 6.61 Å². The topological polar surface area (TPSA) is 9.23 Å². The summed E-state index contributed by atoms with van der Waals surface area (Å²) in [5.74, 6) is 0.951. The summed E-state index contributed by atoms with van der Waals surface area (Å²) in [4.78, 5) is 1.29. The molecule has 0 amide bonds. The van der Waals surface area contributed by atoms with Gasteiger partial charge in [0, 0.05) is 10.6 Å². The van der Waals surface area contributed by atoms with Crippen LogP contribution in [0.2, 0.25) is 0 Å². The zero-order valence-electron chi connectivity index (χ0n) is 6.99. The fraction of sp³-hybridized carbons (Fsp3) is 0.333. The third-order valence-electron chi connectivity index (χ3n) is 1.43. The lowest BCUT2D eigenvalue weighted by Crippen LogP contribution is -1.87. The lowest BCUT2D eigenvalue weighted by molar-refractivity contribution is 0.415. The quantitative estimate of drug-likeness (QED) is 0.346. The maximum atomic E-state index is 4.67. The summed E-state index contributed by atoms with van der Waals surface area (Å²) in [6, 6.07) is 8.44. The summed E-state index contributed by atoms with van der Waals surface area (Å²) < 4.78 is 4.67. The molecule has 1 nitrogen and oxygen atoms in total. The number of benzene rings is 1. The largest absolute Gasteiger partial charge is 0.318 e. The fourth-order valence-electron chi connectivity index (χ4n) is 0.902. The van der Waals surface area contributed by atoms with Crippen molar-refractivity contribution in [3.63, 3.8) is 0 Å². The Morgan fingerprint density at radius 1 is 1.50 bits per heavy atom. The van der Waals surface area contributed by atoms with Crippen molar-refractivity contribution in [2.75, 3.05) is 12.4 Å². The Balaban J connectivity index is 2.41. The minimum absolute atomic E-state index is 0.682. The minimum atomic E-state index is 0.682. The Hall–Kier alpha value is -0.120. The normalized spacial score (nSPS) is 10.2. The van der Waals surface area contributed by atoms with Gasteiger partial charge in [0.1, 0.15) is 0 Å². The Bertz CT molecular complexity index is 238. The van der Waals surface area contributed by atoms with Gasteiger partial charge in [-0.05, 0) is 32.0 Å². The van der Waals surface area contributed by atoms with Gasteiger partial charge in [0.15, 0.2) is 0 Å². The first-order valence-corrected chi connectivity index (χ1v) is 5.14. The third-order valence-corrected chi connectivity index (χ3v) is 2.57. The zero-order chi connectivity index (χ0) is 8.81. The first-order valence-electron chi connectivity index (χ1n) is 3.79. The predicted octanol–water partition coefficient (Wildman–Crippen LogP) is 2.95. The second kappa shape index (κ2) is 5.51. The summed E-state index contributed by atoms with van der Waals surface area (Å²) in [6.07, 6.45) is 0. The van der Waals surface area contributed by atoms with Gasteiger partial charge in [0.2, 0.25) is 0 Å². The summed E-state index contributed by atoms with van der Waals surface area (Å²) in [6.45, 7) is 2.78. The molecule has 0 saturated heterocycles. The molecule has 0 N–H and O–H groups in total. The van der Waals surface area contributed by atoms with E-state index in [9.17, 15) is 0 Å². The minimum Gasteiger partial charge on any atom is -0.318 e. The molecule has 3 heteroatoms. The zero-order valence-corrected chi connectivity index (χ0v) is 8.70. The van der Waals surface area contributed by atoms with Gasteiger partial charge in [-0.15, -0.1) is 11.8 Å². The third kappa shape index (κ3) is 3.52. The Kier molecular flexibility index (Phi) is 4.58. The van der Waals surface area contributed by atoms with Crippen LogP contribution in [0.25, 0.3) is 0 Å². The molecule has 0 spiro atoms. The number of hydrogen-bond acceptors (Lipinski definition) is 3. The Morgan fingerprint density at radius 2 is 2.33 bits per heavy atom. The molecule has 0 aromatic heterocycles. The van der Waals surface area contributed by atoms with Gasteiger partial charge in [-0.1, -0.05) is 17.7 Å². The van der Waals surface area contributed by atoms with Crippen molar-refractivity contribution in [1.82, 2.24) is 0 Å². The highest BCUT2D eigenvalue weighted by Gasteiger charge is 1.92. The van der Waals surface area contributed by atoms with E-state index >= 15 is 0 Å². The average molecular weight is 200 g/mol. The number of aryl methyl sites for hydroxylation is 1. The molecule has 0 aliphatic heterocycles. The van der Waals surface area contributed by atoms with Crippen molar-refractivity contribution in [3.8, 4) is 0 Å². The molecule has 1 aromatic rings. The van der Waals surface area contributed by atoms with Crippen LogP contribution in [0, 0.1) is 6.92 Å². The number of rotatable bonds is 4. The van der Waals surface area contributed by atoms with Gasteiger partial charge < -0.3 is 4.18 Å². The van der Waals surface area contributed by atoms with Gasteiger partial charge in [0.25, 0.3) is 0 Å². The molecule has 0 unspecified atom stereocenters. The standard InChI is InChI=1S/C9H12OS2/c1-8-3-2-4-9(7-8)12-6-5-10-11/h2-4,7,11H,5-6H2,1H3. The highest BCUT2D eigenvalue weighted by molar-refractivity contribution is 7.99. The number of thiol groups is 1. The molecule has 0 radical (unpaired) electrons. The van der Waals surface area contributed by atoms with Crippen LogP contribution in [0.5, 0.6) is 0 Å². The number of thioether (sulfide) groups is 1.